The van der Waals surface area contributed by atoms with Gasteiger partial charge >= 0.3 is 5.97 Å². The van der Waals surface area contributed by atoms with E-state index in [1.165, 1.54) is 47.4 Å². The molecule has 0 saturated carbocycles. The summed E-state index contributed by atoms with van der Waals surface area (Å²) in [5.74, 6) is -0.153. The molecule has 2 N–H and O–H groups in total. The molecule has 1 aliphatic rings. The van der Waals surface area contributed by atoms with Crippen LogP contribution in [-0.2, 0) is 21.6 Å². The van der Waals surface area contributed by atoms with Crippen molar-refractivity contribution in [3.8, 4) is 0 Å². The number of aromatic nitrogens is 2. The van der Waals surface area contributed by atoms with Crippen molar-refractivity contribution in [3.63, 3.8) is 0 Å². The molecule has 4 aromatic rings. The Morgan fingerprint density at radius 2 is 1.63 bits per heavy atom. The summed E-state index contributed by atoms with van der Waals surface area (Å²) in [7, 11) is 0. The summed E-state index contributed by atoms with van der Waals surface area (Å²) in [4.78, 5) is 31.3. The second-order valence-corrected chi connectivity index (χ2v) is 10.1. The second kappa shape index (κ2) is 12.9. The van der Waals surface area contributed by atoms with E-state index >= 15 is 0 Å². The third kappa shape index (κ3) is 6.30. The van der Waals surface area contributed by atoms with E-state index in [9.17, 15) is 9.18 Å². The lowest BCUT2D eigenvalue weighted by Crippen LogP contribution is -2.45. The Bertz CT molecular complexity index is 1500. The first-order valence-corrected chi connectivity index (χ1v) is 13.0. The van der Waals surface area contributed by atoms with Crippen molar-refractivity contribution in [2.45, 2.75) is 45.7 Å². The molecule has 216 valence electrons. The summed E-state index contributed by atoms with van der Waals surface area (Å²) in [6.07, 6.45) is 0.902. The summed E-state index contributed by atoms with van der Waals surface area (Å²) < 4.78 is 13.5. The van der Waals surface area contributed by atoms with E-state index in [1.54, 1.807) is 12.1 Å². The number of aryl methyl sites for hydroxylation is 1. The number of nitrogens with two attached hydrogens (primary N) is 1. The molecule has 0 amide bonds. The number of para-hydroxylation sites is 1. The predicted octanol–water partition coefficient (Wildman–Crippen LogP) is 6.67. The predicted molar refractivity (Wildman–Crippen MR) is 165 cm³/mol. The van der Waals surface area contributed by atoms with Crippen LogP contribution in [0.4, 0.5) is 21.8 Å². The number of fused-ring (bicyclic) bond motifs is 1. The number of hydrogen-bond acceptors (Lipinski definition) is 7. The van der Waals surface area contributed by atoms with Crippen molar-refractivity contribution >= 4 is 48.2 Å². The van der Waals surface area contributed by atoms with E-state index in [4.69, 9.17) is 20.5 Å². The number of rotatable bonds is 6. The molecule has 41 heavy (non-hydrogen) atoms. The van der Waals surface area contributed by atoms with Crippen LogP contribution in [0.2, 0.25) is 0 Å². The number of hydrogen-bond donors (Lipinski definition) is 1. The van der Waals surface area contributed by atoms with Gasteiger partial charge in [-0.2, -0.15) is 4.98 Å². The zero-order valence-electron chi connectivity index (χ0n) is 23.4. The molecule has 2 atom stereocenters. The van der Waals surface area contributed by atoms with Gasteiger partial charge in [0.05, 0.1) is 11.7 Å². The van der Waals surface area contributed by atoms with Crippen molar-refractivity contribution in [2.24, 2.45) is 5.73 Å². The Labute approximate surface area is 252 Å². The summed E-state index contributed by atoms with van der Waals surface area (Å²) in [5.41, 5.74) is 10.2. The Kier molecular flexibility index (Phi) is 9.97. The van der Waals surface area contributed by atoms with Crippen molar-refractivity contribution in [3.05, 3.63) is 113 Å². The van der Waals surface area contributed by atoms with Gasteiger partial charge in [0.2, 0.25) is 0 Å². The van der Waals surface area contributed by atoms with Gasteiger partial charge in [-0.25, -0.2) is 14.2 Å². The Morgan fingerprint density at radius 3 is 2.32 bits per heavy atom. The van der Waals surface area contributed by atoms with E-state index in [-0.39, 0.29) is 36.8 Å². The highest BCUT2D eigenvalue weighted by Crippen LogP contribution is 2.36. The molecule has 0 saturated heterocycles. The molecule has 7 nitrogen and oxygen atoms in total. The van der Waals surface area contributed by atoms with E-state index in [1.807, 2.05) is 32.0 Å². The first-order valence-electron chi connectivity index (χ1n) is 13.0. The van der Waals surface area contributed by atoms with Crippen molar-refractivity contribution in [2.75, 3.05) is 16.5 Å². The highest BCUT2D eigenvalue weighted by molar-refractivity contribution is 5.85. The molecule has 0 spiro atoms. The van der Waals surface area contributed by atoms with Gasteiger partial charge in [-0.15, -0.1) is 29.9 Å². The van der Waals surface area contributed by atoms with Crippen LogP contribution < -0.4 is 15.7 Å². The van der Waals surface area contributed by atoms with Crippen molar-refractivity contribution in [1.82, 2.24) is 9.97 Å². The lowest BCUT2D eigenvalue weighted by molar-refractivity contribution is -0.150. The lowest BCUT2D eigenvalue weighted by atomic mass is 9.93. The average Bonchev–Trinajstić information content (AvgIpc) is 2.94. The Balaban J connectivity index is 0.00000231. The van der Waals surface area contributed by atoms with Crippen LogP contribution in [0, 0.1) is 19.7 Å². The summed E-state index contributed by atoms with van der Waals surface area (Å²) in [6, 6.07) is 23.2. The van der Waals surface area contributed by atoms with Crippen LogP contribution in [0.25, 0.3) is 0 Å². The van der Waals surface area contributed by atoms with E-state index in [0.717, 1.165) is 30.0 Å². The van der Waals surface area contributed by atoms with Gasteiger partial charge < -0.3 is 15.5 Å². The maximum Gasteiger partial charge on any atom is 0.356 e. The molecule has 0 radical (unpaired) electrons. The largest absolute Gasteiger partial charge is 0.356 e. The van der Waals surface area contributed by atoms with Gasteiger partial charge in [0.15, 0.2) is 0 Å². The van der Waals surface area contributed by atoms with E-state index in [0.29, 0.717) is 11.3 Å². The fourth-order valence-electron chi connectivity index (χ4n) is 4.89. The lowest BCUT2D eigenvalue weighted by Gasteiger charge is -2.37. The van der Waals surface area contributed by atoms with Crippen LogP contribution in [0.5, 0.6) is 0 Å². The number of carbonyl (C=O) groups is 1. The first kappa shape index (κ1) is 31.8. The highest BCUT2D eigenvalue weighted by atomic mass is 35.5. The van der Waals surface area contributed by atoms with Crippen molar-refractivity contribution < 1.29 is 14.0 Å². The molecule has 2 heterocycles. The minimum Gasteiger partial charge on any atom is -0.349 e. The minimum absolute atomic E-state index is 0. The normalized spacial score (nSPS) is 15.5. The molecular formula is C31H34Cl2FN5O2. The SMILES string of the molecule is Cc1nc(N(OC(=O)[C@](C)(N)c2ccc(F)cc2)c2ccccc2)nc(N2CCc3ccccc3C2C)c1C.Cl.Cl. The highest BCUT2D eigenvalue weighted by Gasteiger charge is 2.36. The molecule has 3 aromatic carbocycles. The third-order valence-corrected chi connectivity index (χ3v) is 7.43. The zero-order chi connectivity index (χ0) is 27.7. The van der Waals surface area contributed by atoms with Gasteiger partial charge in [0.25, 0.3) is 5.95 Å². The Hall–Kier alpha value is -3.72. The monoisotopic (exact) mass is 597 g/mol. The van der Waals surface area contributed by atoms with Gasteiger partial charge in [-0.05, 0) is 75.1 Å². The van der Waals surface area contributed by atoms with Crippen LogP contribution in [0.3, 0.4) is 0 Å². The molecule has 1 aromatic heterocycles. The van der Waals surface area contributed by atoms with Gasteiger partial charge in [-0.3, -0.25) is 0 Å². The second-order valence-electron chi connectivity index (χ2n) is 10.1. The first-order chi connectivity index (χ1) is 18.7. The Morgan fingerprint density at radius 1 is 1.00 bits per heavy atom. The molecule has 0 aliphatic carbocycles. The fraction of sp³-hybridized carbons (Fsp3) is 0.258. The smallest absolute Gasteiger partial charge is 0.349 e. The number of nitrogens with zero attached hydrogens (tertiary/aromatic N) is 4. The molecule has 1 aliphatic heterocycles. The quantitative estimate of drug-likeness (QED) is 0.248. The molecule has 0 fully saturated rings. The molecule has 1 unspecified atom stereocenters. The van der Waals surface area contributed by atoms with E-state index < -0.39 is 17.3 Å². The maximum absolute atomic E-state index is 13.5. The number of halogens is 3. The van der Waals surface area contributed by atoms with Crippen molar-refractivity contribution in [1.29, 1.82) is 0 Å². The topological polar surface area (TPSA) is 84.6 Å². The number of carbonyl (C=O) groups excluding carboxylic acids is 1. The average molecular weight is 599 g/mol. The van der Waals surface area contributed by atoms with Crippen LogP contribution in [0.1, 0.15) is 47.8 Å². The number of anilines is 3. The van der Waals surface area contributed by atoms with Gasteiger partial charge in [-0.1, -0.05) is 54.6 Å². The fourth-order valence-corrected chi connectivity index (χ4v) is 4.89. The number of benzene rings is 3. The molecular weight excluding hydrogens is 564 g/mol. The van der Waals surface area contributed by atoms with Crippen LogP contribution in [0.15, 0.2) is 78.9 Å². The van der Waals surface area contributed by atoms with Crippen LogP contribution >= 0.6 is 24.8 Å². The maximum atomic E-state index is 13.5. The molecule has 10 heteroatoms. The van der Waals surface area contributed by atoms with E-state index in [2.05, 4.69) is 36.1 Å². The van der Waals surface area contributed by atoms with Gasteiger partial charge in [0, 0.05) is 17.8 Å². The van der Waals surface area contributed by atoms with Crippen LogP contribution in [-0.4, -0.2) is 22.5 Å². The molecule has 0 bridgehead atoms. The summed E-state index contributed by atoms with van der Waals surface area (Å²) in [5, 5.41) is 1.31. The zero-order valence-corrected chi connectivity index (χ0v) is 25.0. The van der Waals surface area contributed by atoms with Gasteiger partial charge in [0.1, 0.15) is 17.2 Å². The summed E-state index contributed by atoms with van der Waals surface area (Å²) in [6.45, 7) is 8.43. The molecule has 5 rings (SSSR count). The standard InChI is InChI=1S/C31H32FN5O2.2ClH/c1-20-21(2)34-30(35-28(20)36-19-18-23-10-8-9-13-27(23)22(36)3)37(26-11-6-5-7-12-26)39-29(38)31(4,33)24-14-16-25(32)17-15-24;;/h5-17,22H,18-19,33H2,1-4H3;2*1H/t22?,31-;;/m1../s1. The minimum atomic E-state index is -1.55. The summed E-state index contributed by atoms with van der Waals surface area (Å²) >= 11 is 0. The third-order valence-electron chi connectivity index (χ3n) is 7.43.